The monoisotopic (exact) mass is 323 g/mol. The molecule has 0 saturated carbocycles. The Morgan fingerprint density at radius 1 is 0.950 bits per heavy atom. The molecule has 0 amide bonds. The van der Waals surface area contributed by atoms with Gasteiger partial charge in [0.25, 0.3) is 0 Å². The van der Waals surface area contributed by atoms with Crippen LogP contribution < -0.4 is 4.46 Å². The molecule has 2 heteroatoms. The molecule has 2 aliphatic rings. The summed E-state index contributed by atoms with van der Waals surface area (Å²) in [7, 11) is 0. The molecule has 2 atom stereocenters. The maximum atomic E-state index is 3.69. The van der Waals surface area contributed by atoms with Gasteiger partial charge >= 0.3 is 124 Å². The minimum atomic E-state index is 0.540. The van der Waals surface area contributed by atoms with Crippen molar-refractivity contribution in [1.82, 2.24) is 4.98 Å². The van der Waals surface area contributed by atoms with Gasteiger partial charge in [-0.2, -0.15) is 0 Å². The van der Waals surface area contributed by atoms with Crippen LogP contribution in [0.25, 0.3) is 17.0 Å². The summed E-state index contributed by atoms with van der Waals surface area (Å²) in [4.78, 5) is 4.37. The molecule has 3 aromatic rings. The zero-order chi connectivity index (χ0) is 13.1. The normalized spacial score (nSPS) is 22.6. The predicted octanol–water partition coefficient (Wildman–Crippen LogP) is 3.46. The summed E-state index contributed by atoms with van der Waals surface area (Å²) in [6.45, 7) is 0. The molecular weight excluding hydrogens is 309 g/mol. The van der Waals surface area contributed by atoms with Crippen molar-refractivity contribution in [3.63, 3.8) is 0 Å². The van der Waals surface area contributed by atoms with Crippen LogP contribution in [-0.4, -0.2) is 19.9 Å². The summed E-state index contributed by atoms with van der Waals surface area (Å²) in [6.07, 6.45) is 4.77. The van der Waals surface area contributed by atoms with E-state index in [1.165, 1.54) is 27.7 Å². The molecule has 2 heterocycles. The molecule has 2 aromatic carbocycles. The van der Waals surface area contributed by atoms with Gasteiger partial charge in [0.2, 0.25) is 0 Å². The van der Waals surface area contributed by atoms with Crippen LogP contribution in [0.1, 0.15) is 22.7 Å². The number of aromatic nitrogens is 1. The number of nitrogens with one attached hydrogen (secondary N) is 1. The molecule has 1 N–H and O–H groups in total. The molecule has 2 unspecified atom stereocenters. The number of hydrogen-bond donors (Lipinski definition) is 1. The van der Waals surface area contributed by atoms with Gasteiger partial charge in [-0.15, -0.1) is 0 Å². The summed E-state index contributed by atoms with van der Waals surface area (Å²) in [5.41, 5.74) is 5.62. The molecule has 20 heavy (non-hydrogen) atoms. The zero-order valence-corrected chi connectivity index (χ0v) is 12.5. The van der Waals surface area contributed by atoms with Crippen molar-refractivity contribution >= 4 is 36.4 Å². The Bertz CT molecular complexity index is 859. The molecule has 0 saturated heterocycles. The number of allylic oxidation sites excluding steroid dienone is 1. The van der Waals surface area contributed by atoms with E-state index in [0.29, 0.717) is 25.7 Å². The van der Waals surface area contributed by atoms with E-state index in [-0.39, 0.29) is 0 Å². The van der Waals surface area contributed by atoms with Crippen molar-refractivity contribution in [2.45, 2.75) is 10.7 Å². The van der Waals surface area contributed by atoms with Crippen molar-refractivity contribution in [3.8, 4) is 0 Å². The Morgan fingerprint density at radius 2 is 1.80 bits per heavy atom. The van der Waals surface area contributed by atoms with Crippen LogP contribution >= 0.6 is 0 Å². The summed E-state index contributed by atoms with van der Waals surface area (Å²) >= 11 is 0.562. The summed E-state index contributed by atoms with van der Waals surface area (Å²) in [5.74, 6) is 0.540. The standard InChI is InChI=1S/C18H13NSe/c1-3-7-14-11(5-1)12-9-10-16-17(18(12)19-14)13-6-2-4-8-15(13)20-16/h1-10,16-17,19H. The molecule has 1 aliphatic heterocycles. The van der Waals surface area contributed by atoms with Gasteiger partial charge in [0.15, 0.2) is 0 Å². The van der Waals surface area contributed by atoms with E-state index in [1.54, 1.807) is 4.46 Å². The van der Waals surface area contributed by atoms with Crippen LogP contribution in [0.3, 0.4) is 0 Å². The van der Waals surface area contributed by atoms with E-state index >= 15 is 0 Å². The number of benzene rings is 2. The predicted molar refractivity (Wildman–Crippen MR) is 84.8 cm³/mol. The number of aromatic amines is 1. The molecule has 0 bridgehead atoms. The molecule has 0 fully saturated rings. The van der Waals surface area contributed by atoms with Crippen LogP contribution in [0.2, 0.25) is 4.82 Å². The van der Waals surface area contributed by atoms with E-state index in [1.807, 2.05) is 0 Å². The van der Waals surface area contributed by atoms with Gasteiger partial charge in [-0.05, 0) is 0 Å². The zero-order valence-electron chi connectivity index (χ0n) is 10.8. The summed E-state index contributed by atoms with van der Waals surface area (Å²) in [6, 6.07) is 17.6. The Labute approximate surface area is 123 Å². The number of fused-ring (bicyclic) bond motifs is 7. The fourth-order valence-electron chi connectivity index (χ4n) is 3.51. The number of H-pyrrole nitrogens is 1. The Kier molecular flexibility index (Phi) is 2.13. The van der Waals surface area contributed by atoms with Crippen LogP contribution in [0.15, 0.2) is 54.6 Å². The topological polar surface area (TPSA) is 15.8 Å². The van der Waals surface area contributed by atoms with Gasteiger partial charge in [-0.1, -0.05) is 0 Å². The average Bonchev–Trinajstić information content (AvgIpc) is 3.04. The average molecular weight is 322 g/mol. The second-order valence-electron chi connectivity index (χ2n) is 5.46. The fraction of sp³-hybridized carbons (Fsp3) is 0.111. The summed E-state index contributed by atoms with van der Waals surface area (Å²) < 4.78 is 1.58. The first-order valence-electron chi connectivity index (χ1n) is 6.96. The Morgan fingerprint density at radius 3 is 2.80 bits per heavy atom. The fourth-order valence-corrected chi connectivity index (χ4v) is 6.35. The Balaban J connectivity index is 1.82. The van der Waals surface area contributed by atoms with Crippen molar-refractivity contribution in [1.29, 1.82) is 0 Å². The van der Waals surface area contributed by atoms with Crippen LogP contribution in [0.4, 0.5) is 0 Å². The quantitative estimate of drug-likeness (QED) is 0.610. The maximum absolute atomic E-state index is 3.69. The van der Waals surface area contributed by atoms with Gasteiger partial charge in [-0.3, -0.25) is 0 Å². The van der Waals surface area contributed by atoms with Crippen LogP contribution in [0.5, 0.6) is 0 Å². The van der Waals surface area contributed by atoms with Crippen molar-refractivity contribution in [2.75, 3.05) is 0 Å². The second-order valence-corrected chi connectivity index (χ2v) is 8.01. The number of para-hydroxylation sites is 1. The first-order valence-corrected chi connectivity index (χ1v) is 8.81. The first kappa shape index (κ1) is 11.0. The molecule has 1 nitrogen and oxygen atoms in total. The molecule has 0 spiro atoms. The van der Waals surface area contributed by atoms with Gasteiger partial charge in [0, 0.05) is 0 Å². The van der Waals surface area contributed by atoms with E-state index in [2.05, 4.69) is 65.7 Å². The number of rotatable bonds is 0. The molecule has 5 rings (SSSR count). The van der Waals surface area contributed by atoms with Gasteiger partial charge < -0.3 is 0 Å². The third kappa shape index (κ3) is 1.33. The van der Waals surface area contributed by atoms with E-state index < -0.39 is 0 Å². The van der Waals surface area contributed by atoms with E-state index in [9.17, 15) is 0 Å². The van der Waals surface area contributed by atoms with E-state index in [0.717, 1.165) is 0 Å². The summed E-state index contributed by atoms with van der Waals surface area (Å²) in [5, 5.41) is 1.36. The molecule has 1 aromatic heterocycles. The van der Waals surface area contributed by atoms with E-state index in [4.69, 9.17) is 0 Å². The molecular formula is C18H13NSe. The van der Waals surface area contributed by atoms with Crippen LogP contribution in [-0.2, 0) is 0 Å². The Hall–Kier alpha value is -1.76. The van der Waals surface area contributed by atoms with Crippen molar-refractivity contribution in [3.05, 3.63) is 71.4 Å². The van der Waals surface area contributed by atoms with Crippen LogP contribution in [0, 0.1) is 0 Å². The third-order valence-electron chi connectivity index (χ3n) is 4.39. The first-order chi connectivity index (χ1) is 9.92. The van der Waals surface area contributed by atoms with Gasteiger partial charge in [-0.25, -0.2) is 0 Å². The third-order valence-corrected chi connectivity index (χ3v) is 7.17. The van der Waals surface area contributed by atoms with Crippen molar-refractivity contribution in [2.24, 2.45) is 0 Å². The minimum absolute atomic E-state index is 0.540. The van der Waals surface area contributed by atoms with Gasteiger partial charge in [0.1, 0.15) is 0 Å². The molecule has 1 aliphatic carbocycles. The SMILES string of the molecule is C1=CC2[Se]c3ccccc3C2c2[nH]c3ccccc3c21. The second kappa shape index (κ2) is 3.88. The van der Waals surface area contributed by atoms with Crippen molar-refractivity contribution < 1.29 is 0 Å². The molecule has 96 valence electrons. The van der Waals surface area contributed by atoms with Gasteiger partial charge in [0.05, 0.1) is 0 Å². The number of hydrogen-bond acceptors (Lipinski definition) is 0. The molecule has 0 radical (unpaired) electrons.